The Labute approximate surface area is 124 Å². The van der Waals surface area contributed by atoms with Crippen LogP contribution in [0.3, 0.4) is 0 Å². The van der Waals surface area contributed by atoms with Crippen molar-refractivity contribution in [2.45, 2.75) is 61.3 Å². The summed E-state index contributed by atoms with van der Waals surface area (Å²) >= 11 is 0. The van der Waals surface area contributed by atoms with E-state index in [-0.39, 0.29) is 5.97 Å². The van der Waals surface area contributed by atoms with Crippen molar-refractivity contribution >= 4 is 5.97 Å². The van der Waals surface area contributed by atoms with Crippen LogP contribution < -0.4 is 0 Å². The van der Waals surface area contributed by atoms with Gasteiger partial charge in [0.15, 0.2) is 0 Å². The molecule has 0 aliphatic heterocycles. The van der Waals surface area contributed by atoms with E-state index in [0.29, 0.717) is 12.5 Å². The molecule has 0 aliphatic rings. The largest absolute Gasteiger partial charge is 0.463 e. The van der Waals surface area contributed by atoms with E-state index < -0.39 is 0 Å². The Kier molecular flexibility index (Phi) is 8.94. The zero-order valence-corrected chi connectivity index (χ0v) is 14.2. The smallest absolute Gasteiger partial charge is 0.331 e. The molecule has 0 amide bonds. The molecule has 0 radical (unpaired) electrons. The summed E-state index contributed by atoms with van der Waals surface area (Å²) < 4.78 is 4.95. The van der Waals surface area contributed by atoms with Crippen LogP contribution in [0.2, 0.25) is 0 Å². The van der Waals surface area contributed by atoms with E-state index in [1.807, 2.05) is 13.8 Å². The Morgan fingerprint density at radius 2 is 1.75 bits per heavy atom. The minimum atomic E-state index is -0.255. The predicted molar refractivity (Wildman–Crippen MR) is 86.6 cm³/mol. The van der Waals surface area contributed by atoms with E-state index in [0.717, 1.165) is 18.4 Å². The van der Waals surface area contributed by atoms with Crippen LogP contribution >= 0.6 is 0 Å². The number of carbonyl (C=O) groups is 1. The van der Waals surface area contributed by atoms with E-state index in [9.17, 15) is 4.79 Å². The van der Waals surface area contributed by atoms with Crippen molar-refractivity contribution in [1.29, 1.82) is 0 Å². The lowest BCUT2D eigenvalue weighted by Gasteiger charge is -2.15. The van der Waals surface area contributed by atoms with E-state index in [1.165, 1.54) is 16.7 Å². The second-order valence-corrected chi connectivity index (χ2v) is 5.65. The third kappa shape index (κ3) is 7.32. The molecule has 0 aromatic heterocycles. The van der Waals surface area contributed by atoms with Crippen molar-refractivity contribution < 1.29 is 9.53 Å². The van der Waals surface area contributed by atoms with Crippen molar-refractivity contribution in [3.8, 4) is 0 Å². The maximum Gasteiger partial charge on any atom is 0.331 e. The van der Waals surface area contributed by atoms with Gasteiger partial charge in [0.05, 0.1) is 6.61 Å². The fraction of sp³-hybridized carbons (Fsp3) is 0.611. The second-order valence-electron chi connectivity index (χ2n) is 5.65. The predicted octanol–water partition coefficient (Wildman–Crippen LogP) is 5.21. The first-order valence-electron chi connectivity index (χ1n) is 7.45. The van der Waals surface area contributed by atoms with Gasteiger partial charge in [0.25, 0.3) is 0 Å². The van der Waals surface area contributed by atoms with Crippen LogP contribution in [0.25, 0.3) is 0 Å². The van der Waals surface area contributed by atoms with Gasteiger partial charge >= 0.3 is 5.97 Å². The van der Waals surface area contributed by atoms with Crippen LogP contribution in [-0.2, 0) is 9.53 Å². The van der Waals surface area contributed by atoms with E-state index in [2.05, 4.69) is 40.7 Å². The molecular weight excluding hydrogens is 248 g/mol. The summed E-state index contributed by atoms with van der Waals surface area (Å²) in [5.41, 5.74) is 4.91. The molecule has 1 unspecified atom stereocenters. The summed E-state index contributed by atoms with van der Waals surface area (Å²) in [7, 11) is 0. The van der Waals surface area contributed by atoms with Crippen LogP contribution in [0, 0.1) is 5.92 Å². The highest BCUT2D eigenvalue weighted by atomic mass is 16.5. The first-order chi connectivity index (χ1) is 9.29. The minimum Gasteiger partial charge on any atom is -0.463 e. The molecule has 2 nitrogen and oxygen atoms in total. The third-order valence-corrected chi connectivity index (χ3v) is 3.70. The zero-order valence-electron chi connectivity index (χ0n) is 14.2. The molecule has 20 heavy (non-hydrogen) atoms. The molecule has 1 atom stereocenters. The minimum absolute atomic E-state index is 0.255. The highest BCUT2D eigenvalue weighted by Crippen LogP contribution is 2.24. The average Bonchev–Trinajstić information content (AvgIpc) is 2.36. The van der Waals surface area contributed by atoms with E-state index >= 15 is 0 Å². The molecule has 0 spiro atoms. The maximum atomic E-state index is 11.5. The van der Waals surface area contributed by atoms with Gasteiger partial charge in [-0.05, 0) is 71.4 Å². The highest BCUT2D eigenvalue weighted by molar-refractivity contribution is 5.83. The summed E-state index contributed by atoms with van der Waals surface area (Å²) in [4.78, 5) is 11.5. The first kappa shape index (κ1) is 18.7. The molecule has 0 aromatic rings. The molecular formula is C18H30O2. The number of allylic oxidation sites excluding steroid dienone is 5. The second kappa shape index (κ2) is 9.57. The summed E-state index contributed by atoms with van der Waals surface area (Å²) in [5, 5.41) is 0. The van der Waals surface area contributed by atoms with Crippen molar-refractivity contribution in [3.05, 3.63) is 34.4 Å². The SMILES string of the molecule is CCOC(=O)/C=C(C)/C(C)=C(\C)C(C)CCC=C(C)C. The fourth-order valence-electron chi connectivity index (χ4n) is 1.99. The van der Waals surface area contributed by atoms with Gasteiger partial charge in [0.2, 0.25) is 0 Å². The Bertz CT molecular complexity index is 407. The van der Waals surface area contributed by atoms with Crippen molar-refractivity contribution in [3.63, 3.8) is 0 Å². The number of esters is 1. The van der Waals surface area contributed by atoms with E-state index in [1.54, 1.807) is 6.08 Å². The lowest BCUT2D eigenvalue weighted by atomic mass is 9.90. The molecule has 114 valence electrons. The molecule has 0 fully saturated rings. The van der Waals surface area contributed by atoms with Crippen LogP contribution in [0.1, 0.15) is 61.3 Å². The molecule has 2 heteroatoms. The maximum absolute atomic E-state index is 11.5. The quantitative estimate of drug-likeness (QED) is 0.276. The van der Waals surface area contributed by atoms with Gasteiger partial charge < -0.3 is 4.74 Å². The summed E-state index contributed by atoms with van der Waals surface area (Å²) in [6.45, 7) is 15.0. The molecule has 0 aromatic carbocycles. The lowest BCUT2D eigenvalue weighted by molar-refractivity contribution is -0.137. The monoisotopic (exact) mass is 278 g/mol. The van der Waals surface area contributed by atoms with Gasteiger partial charge in [0.1, 0.15) is 0 Å². The van der Waals surface area contributed by atoms with Gasteiger partial charge in [-0.25, -0.2) is 4.79 Å². The lowest BCUT2D eigenvalue weighted by Crippen LogP contribution is -2.03. The highest BCUT2D eigenvalue weighted by Gasteiger charge is 2.09. The summed E-state index contributed by atoms with van der Waals surface area (Å²) in [5.74, 6) is 0.269. The number of carbonyl (C=O) groups excluding carboxylic acids is 1. The van der Waals surface area contributed by atoms with E-state index in [4.69, 9.17) is 4.74 Å². The molecule has 0 heterocycles. The molecule has 0 saturated carbocycles. The number of hydrogen-bond donors (Lipinski definition) is 0. The molecule has 0 N–H and O–H groups in total. The van der Waals surface area contributed by atoms with Gasteiger partial charge in [0, 0.05) is 6.08 Å². The molecule has 0 aliphatic carbocycles. The van der Waals surface area contributed by atoms with Gasteiger partial charge in [-0.3, -0.25) is 0 Å². The average molecular weight is 278 g/mol. The van der Waals surface area contributed by atoms with Gasteiger partial charge in [-0.1, -0.05) is 24.1 Å². The standard InChI is InChI=1S/C18H30O2/c1-8-20-18(19)12-15(5)17(7)16(6)14(4)11-9-10-13(2)3/h10,12,14H,8-9,11H2,1-7H3/b15-12+,17-16+. The van der Waals surface area contributed by atoms with Crippen LogP contribution in [0.4, 0.5) is 0 Å². The van der Waals surface area contributed by atoms with Crippen molar-refractivity contribution in [1.82, 2.24) is 0 Å². The third-order valence-electron chi connectivity index (χ3n) is 3.70. The van der Waals surface area contributed by atoms with Crippen LogP contribution in [-0.4, -0.2) is 12.6 Å². The Balaban J connectivity index is 4.78. The van der Waals surface area contributed by atoms with Gasteiger partial charge in [-0.2, -0.15) is 0 Å². The van der Waals surface area contributed by atoms with Crippen molar-refractivity contribution in [2.24, 2.45) is 5.92 Å². The Morgan fingerprint density at radius 1 is 1.15 bits per heavy atom. The fourth-order valence-corrected chi connectivity index (χ4v) is 1.99. The van der Waals surface area contributed by atoms with Crippen LogP contribution in [0.15, 0.2) is 34.4 Å². The first-order valence-corrected chi connectivity index (χ1v) is 7.45. The van der Waals surface area contributed by atoms with Gasteiger partial charge in [-0.15, -0.1) is 0 Å². The zero-order chi connectivity index (χ0) is 15.7. The normalized spacial score (nSPS) is 14.4. The number of hydrogen-bond acceptors (Lipinski definition) is 2. The Morgan fingerprint density at radius 3 is 2.25 bits per heavy atom. The molecule has 0 saturated heterocycles. The number of ether oxygens (including phenoxy) is 1. The molecule has 0 bridgehead atoms. The van der Waals surface area contributed by atoms with Crippen LogP contribution in [0.5, 0.6) is 0 Å². The summed E-state index contributed by atoms with van der Waals surface area (Å²) in [6.07, 6.45) is 6.11. The summed E-state index contributed by atoms with van der Waals surface area (Å²) in [6, 6.07) is 0. The Hall–Kier alpha value is -1.31. The topological polar surface area (TPSA) is 26.3 Å². The van der Waals surface area contributed by atoms with Crippen molar-refractivity contribution in [2.75, 3.05) is 6.61 Å². The number of rotatable bonds is 7. The molecule has 0 rings (SSSR count).